The van der Waals surface area contributed by atoms with E-state index in [1.165, 1.54) is 19.2 Å². The van der Waals surface area contributed by atoms with Gasteiger partial charge in [0.05, 0.1) is 7.11 Å². The topological polar surface area (TPSA) is 152 Å². The smallest absolute Gasteiger partial charge is 0.342 e. The summed E-state index contributed by atoms with van der Waals surface area (Å²) in [6, 6.07) is 11.4. The van der Waals surface area contributed by atoms with Crippen LogP contribution in [0.5, 0.6) is 11.5 Å². The molecule has 10 heteroatoms. The molecule has 0 saturated heterocycles. The first kappa shape index (κ1) is 21.7. The van der Waals surface area contributed by atoms with Gasteiger partial charge in [-0.2, -0.15) is 0 Å². The van der Waals surface area contributed by atoms with Gasteiger partial charge in [-0.3, -0.25) is 4.79 Å². The Kier molecular flexibility index (Phi) is 6.17. The number of hydrogen-bond acceptors (Lipinski definition) is 6. The number of halogens is 1. The van der Waals surface area contributed by atoms with Crippen LogP contribution in [0.15, 0.2) is 47.3 Å². The number of nitrogen functional groups attached to an aromatic ring is 1. The summed E-state index contributed by atoms with van der Waals surface area (Å²) in [5, 5.41) is 19.7. The van der Waals surface area contributed by atoms with E-state index in [0.717, 1.165) is 0 Å². The lowest BCUT2D eigenvalue weighted by atomic mass is 9.94. The molecule has 3 aromatic rings. The maximum absolute atomic E-state index is 12.3. The van der Waals surface area contributed by atoms with Crippen molar-refractivity contribution in [3.05, 3.63) is 74.5 Å². The summed E-state index contributed by atoms with van der Waals surface area (Å²) in [6.45, 7) is -0.0312. The molecule has 0 atom stereocenters. The van der Waals surface area contributed by atoms with Crippen LogP contribution in [0.4, 0.5) is 5.82 Å². The van der Waals surface area contributed by atoms with E-state index >= 15 is 0 Å². The van der Waals surface area contributed by atoms with Gasteiger partial charge in [-0.05, 0) is 12.1 Å². The van der Waals surface area contributed by atoms with Gasteiger partial charge in [-0.25, -0.2) is 9.59 Å². The Labute approximate surface area is 180 Å². The summed E-state index contributed by atoms with van der Waals surface area (Å²) in [5.41, 5.74) is 3.55. The number of nitrogens with one attached hydrogen (secondary N) is 1. The number of benzene rings is 2. The van der Waals surface area contributed by atoms with Crippen molar-refractivity contribution in [1.29, 1.82) is 0 Å². The molecule has 0 saturated carbocycles. The van der Waals surface area contributed by atoms with Crippen LogP contribution in [0.25, 0.3) is 11.1 Å². The first-order valence-electron chi connectivity index (χ1n) is 8.82. The molecule has 0 unspecified atom stereocenters. The second-order valence-electron chi connectivity index (χ2n) is 6.32. The maximum Gasteiger partial charge on any atom is 0.342 e. The Morgan fingerprint density at radius 2 is 1.74 bits per heavy atom. The summed E-state index contributed by atoms with van der Waals surface area (Å²) in [5.74, 6) is -3.42. The Morgan fingerprint density at radius 3 is 2.35 bits per heavy atom. The molecule has 1 aromatic heterocycles. The van der Waals surface area contributed by atoms with Crippen molar-refractivity contribution in [2.75, 3.05) is 12.8 Å². The maximum atomic E-state index is 12.3. The molecule has 0 spiro atoms. The predicted octanol–water partition coefficient (Wildman–Crippen LogP) is 3.26. The van der Waals surface area contributed by atoms with E-state index in [4.69, 9.17) is 26.8 Å². The molecule has 2 aromatic carbocycles. The number of para-hydroxylation sites is 1. The Bertz CT molecular complexity index is 1240. The van der Waals surface area contributed by atoms with Crippen LogP contribution in [0.2, 0.25) is 5.02 Å². The molecule has 0 aliphatic heterocycles. The summed E-state index contributed by atoms with van der Waals surface area (Å²) in [6.07, 6.45) is 0. The highest BCUT2D eigenvalue weighted by Gasteiger charge is 2.29. The number of pyridine rings is 1. The number of carbonyl (C=O) groups is 2. The molecule has 160 valence electrons. The Hall–Kier alpha value is -3.98. The van der Waals surface area contributed by atoms with Crippen LogP contribution >= 0.6 is 11.6 Å². The zero-order chi connectivity index (χ0) is 22.7. The van der Waals surface area contributed by atoms with Crippen molar-refractivity contribution in [2.45, 2.75) is 6.61 Å². The van der Waals surface area contributed by atoms with E-state index in [9.17, 15) is 24.6 Å². The number of carboxylic acids is 2. The first-order chi connectivity index (χ1) is 14.8. The van der Waals surface area contributed by atoms with Gasteiger partial charge in [0.25, 0.3) is 5.56 Å². The minimum absolute atomic E-state index is 0.0130. The lowest BCUT2D eigenvalue weighted by molar-refractivity contribution is 0.0695. The molecule has 3 rings (SSSR count). The number of aromatic amines is 1. The lowest BCUT2D eigenvalue weighted by Crippen LogP contribution is -2.24. The third-order valence-electron chi connectivity index (χ3n) is 4.47. The van der Waals surface area contributed by atoms with Gasteiger partial charge in [-0.1, -0.05) is 41.9 Å². The number of methoxy groups -OCH3 is 1. The number of H-pyrrole nitrogens is 1. The van der Waals surface area contributed by atoms with Crippen LogP contribution in [-0.4, -0.2) is 34.2 Å². The van der Waals surface area contributed by atoms with Crippen LogP contribution in [-0.2, 0) is 6.61 Å². The lowest BCUT2D eigenvalue weighted by Gasteiger charge is -2.18. The van der Waals surface area contributed by atoms with Crippen molar-refractivity contribution in [3.63, 3.8) is 0 Å². The molecule has 0 fully saturated rings. The van der Waals surface area contributed by atoms with Crippen LogP contribution in [0.3, 0.4) is 0 Å². The zero-order valence-corrected chi connectivity index (χ0v) is 16.9. The zero-order valence-electron chi connectivity index (χ0n) is 16.1. The number of hydrogen-bond donors (Lipinski definition) is 4. The number of carboxylic acid groups (broad SMARTS) is 2. The van der Waals surface area contributed by atoms with Gasteiger partial charge >= 0.3 is 11.9 Å². The van der Waals surface area contributed by atoms with E-state index in [0.29, 0.717) is 10.6 Å². The average Bonchev–Trinajstić information content (AvgIpc) is 2.71. The number of ether oxygens (including phenoxy) is 2. The van der Waals surface area contributed by atoms with Crippen molar-refractivity contribution in [3.8, 4) is 22.6 Å². The van der Waals surface area contributed by atoms with Crippen molar-refractivity contribution < 1.29 is 29.3 Å². The SMILES string of the molecule is COc1cccc(-c2c(C(=O)O)c(N)[nH]c(=O)c2C(=O)O)c1OCc1ccccc1Cl. The molecule has 0 aliphatic rings. The van der Waals surface area contributed by atoms with E-state index in [2.05, 4.69) is 4.98 Å². The molecule has 0 radical (unpaired) electrons. The average molecular weight is 445 g/mol. The van der Waals surface area contributed by atoms with E-state index in [-0.39, 0.29) is 23.7 Å². The monoisotopic (exact) mass is 444 g/mol. The highest BCUT2D eigenvalue weighted by Crippen LogP contribution is 2.42. The standard InChI is InChI=1S/C21H17ClN2O7/c1-30-13-8-4-6-11(17(13)31-9-10-5-2-3-7-12(10)22)14-15(20(26)27)18(23)24-19(25)16(14)21(28)29/h2-8H,9H2,1H3,(H,26,27)(H,28,29)(H3,23,24,25). The van der Waals surface area contributed by atoms with Crippen LogP contribution in [0, 0.1) is 0 Å². The highest BCUT2D eigenvalue weighted by molar-refractivity contribution is 6.31. The summed E-state index contributed by atoms with van der Waals surface area (Å²) >= 11 is 6.17. The summed E-state index contributed by atoms with van der Waals surface area (Å²) in [4.78, 5) is 38.2. The molecule has 0 bridgehead atoms. The molecule has 1 heterocycles. The molecule has 0 aliphatic carbocycles. The van der Waals surface area contributed by atoms with Gasteiger partial charge in [0.15, 0.2) is 11.5 Å². The summed E-state index contributed by atoms with van der Waals surface area (Å²) in [7, 11) is 1.36. The molecule has 5 N–H and O–H groups in total. The fraction of sp³-hybridized carbons (Fsp3) is 0.0952. The minimum atomic E-state index is -1.63. The van der Waals surface area contributed by atoms with Crippen molar-refractivity contribution in [1.82, 2.24) is 4.98 Å². The number of aromatic nitrogens is 1. The Balaban J connectivity index is 2.29. The predicted molar refractivity (Wildman–Crippen MR) is 113 cm³/mol. The fourth-order valence-corrected chi connectivity index (χ4v) is 3.29. The fourth-order valence-electron chi connectivity index (χ4n) is 3.10. The summed E-state index contributed by atoms with van der Waals surface area (Å²) < 4.78 is 11.2. The molecule has 0 amide bonds. The van der Waals surface area contributed by atoms with Crippen LogP contribution in [0.1, 0.15) is 26.3 Å². The second kappa shape index (κ2) is 8.80. The van der Waals surface area contributed by atoms with Crippen LogP contribution < -0.4 is 20.8 Å². The molecule has 31 heavy (non-hydrogen) atoms. The van der Waals surface area contributed by atoms with E-state index in [1.807, 2.05) is 0 Å². The number of anilines is 1. The van der Waals surface area contributed by atoms with Gasteiger partial charge < -0.3 is 30.4 Å². The minimum Gasteiger partial charge on any atom is -0.493 e. The van der Waals surface area contributed by atoms with Gasteiger partial charge in [0.2, 0.25) is 0 Å². The van der Waals surface area contributed by atoms with Gasteiger partial charge in [0.1, 0.15) is 23.6 Å². The highest BCUT2D eigenvalue weighted by atomic mass is 35.5. The number of aromatic carboxylic acids is 2. The molecule has 9 nitrogen and oxygen atoms in total. The second-order valence-corrected chi connectivity index (χ2v) is 6.73. The Morgan fingerprint density at radius 1 is 1.06 bits per heavy atom. The number of nitrogens with two attached hydrogens (primary N) is 1. The quantitative estimate of drug-likeness (QED) is 0.433. The van der Waals surface area contributed by atoms with Crippen molar-refractivity contribution >= 4 is 29.4 Å². The van der Waals surface area contributed by atoms with Gasteiger partial charge in [-0.15, -0.1) is 0 Å². The van der Waals surface area contributed by atoms with Crippen molar-refractivity contribution in [2.24, 2.45) is 0 Å². The third kappa shape index (κ3) is 4.17. The van der Waals surface area contributed by atoms with E-state index in [1.54, 1.807) is 30.3 Å². The van der Waals surface area contributed by atoms with Gasteiger partial charge in [0, 0.05) is 21.7 Å². The number of rotatable bonds is 7. The first-order valence-corrected chi connectivity index (χ1v) is 9.20. The molecular formula is C21H17ClN2O7. The third-order valence-corrected chi connectivity index (χ3v) is 4.84. The van der Waals surface area contributed by atoms with E-state index < -0.39 is 40.0 Å². The largest absolute Gasteiger partial charge is 0.493 e. The molecular weight excluding hydrogens is 428 g/mol. The normalized spacial score (nSPS) is 10.5.